The minimum atomic E-state index is -3.70. The fraction of sp³-hybridized carbons (Fsp3) is 0.286. The highest BCUT2D eigenvalue weighted by atomic mass is 32.2. The third-order valence-corrected chi connectivity index (χ3v) is 6.09. The number of benzene rings is 2. The summed E-state index contributed by atoms with van der Waals surface area (Å²) in [5.74, 6) is -0.413. The highest BCUT2D eigenvalue weighted by Crippen LogP contribution is 2.22. The largest absolute Gasteiger partial charge is 0.496 e. The molecule has 9 nitrogen and oxygen atoms in total. The molecule has 0 bridgehead atoms. The molecule has 2 aromatic carbocycles. The molecule has 1 N–H and O–H groups in total. The second-order valence-corrected chi connectivity index (χ2v) is 8.58. The van der Waals surface area contributed by atoms with Crippen molar-refractivity contribution in [3.05, 3.63) is 59.7 Å². The lowest BCUT2D eigenvalue weighted by Crippen LogP contribution is -2.33. The number of fused-ring (bicyclic) bond motifs is 1. The van der Waals surface area contributed by atoms with Gasteiger partial charge in [-0.15, -0.1) is 0 Å². The van der Waals surface area contributed by atoms with Crippen LogP contribution in [0.15, 0.2) is 58.4 Å². The molecule has 164 valence electrons. The Morgan fingerprint density at radius 2 is 1.81 bits per heavy atom. The molecule has 0 aromatic heterocycles. The van der Waals surface area contributed by atoms with E-state index in [1.807, 2.05) is 18.2 Å². The molecule has 0 aliphatic carbocycles. The van der Waals surface area contributed by atoms with Crippen LogP contribution in [0.25, 0.3) is 0 Å². The van der Waals surface area contributed by atoms with Crippen LogP contribution in [0.1, 0.15) is 18.1 Å². The lowest BCUT2D eigenvalue weighted by molar-refractivity contribution is -0.152. The van der Waals surface area contributed by atoms with Crippen molar-refractivity contribution in [1.29, 1.82) is 0 Å². The number of amidine groups is 1. The molecule has 31 heavy (non-hydrogen) atoms. The summed E-state index contributed by atoms with van der Waals surface area (Å²) < 4.78 is 37.0. The summed E-state index contributed by atoms with van der Waals surface area (Å²) in [7, 11) is -0.559. The number of likely N-dealkylation sites (N-methyl/N-ethyl adjacent to an activating group) is 1. The van der Waals surface area contributed by atoms with Gasteiger partial charge >= 0.3 is 5.97 Å². The molecule has 2 aromatic rings. The van der Waals surface area contributed by atoms with Gasteiger partial charge in [-0.05, 0) is 25.1 Å². The molecule has 3 rings (SSSR count). The Kier molecular flexibility index (Phi) is 6.59. The number of para-hydroxylation sites is 1. The Morgan fingerprint density at radius 1 is 1.13 bits per heavy atom. The van der Waals surface area contributed by atoms with Gasteiger partial charge in [0.25, 0.3) is 15.9 Å². The van der Waals surface area contributed by atoms with Crippen molar-refractivity contribution in [2.75, 3.05) is 20.8 Å². The number of ether oxygens (including phenoxy) is 2. The van der Waals surface area contributed by atoms with Crippen LogP contribution >= 0.6 is 0 Å². The van der Waals surface area contributed by atoms with E-state index in [4.69, 9.17) is 9.47 Å². The Bertz CT molecular complexity index is 1130. The molecular weight excluding hydrogens is 422 g/mol. The molecule has 0 radical (unpaired) electrons. The zero-order chi connectivity index (χ0) is 22.6. The van der Waals surface area contributed by atoms with E-state index in [-0.39, 0.29) is 17.3 Å². The second kappa shape index (κ2) is 9.17. The quantitative estimate of drug-likeness (QED) is 0.643. The number of esters is 1. The van der Waals surface area contributed by atoms with Gasteiger partial charge in [0.15, 0.2) is 6.61 Å². The van der Waals surface area contributed by atoms with E-state index in [2.05, 4.69) is 9.71 Å². The van der Waals surface area contributed by atoms with Crippen LogP contribution in [0.5, 0.6) is 5.75 Å². The number of rotatable bonds is 7. The predicted molar refractivity (Wildman–Crippen MR) is 113 cm³/mol. The monoisotopic (exact) mass is 445 g/mol. The Labute approximate surface area is 180 Å². The minimum Gasteiger partial charge on any atom is -0.496 e. The van der Waals surface area contributed by atoms with Gasteiger partial charge in [-0.1, -0.05) is 30.3 Å². The average Bonchev–Trinajstić information content (AvgIpc) is 3.02. The summed E-state index contributed by atoms with van der Waals surface area (Å²) in [6, 6.07) is 12.6. The van der Waals surface area contributed by atoms with Gasteiger partial charge in [-0.25, -0.2) is 13.2 Å². The zero-order valence-electron chi connectivity index (χ0n) is 17.4. The van der Waals surface area contributed by atoms with Crippen molar-refractivity contribution in [3.63, 3.8) is 0 Å². The number of hydrogen-bond donors (Lipinski definition) is 1. The summed E-state index contributed by atoms with van der Waals surface area (Å²) >= 11 is 0. The lowest BCUT2D eigenvalue weighted by Gasteiger charge is -2.19. The molecule has 0 saturated carbocycles. The van der Waals surface area contributed by atoms with Gasteiger partial charge in [0, 0.05) is 24.7 Å². The number of carbonyl (C=O) groups is 2. The van der Waals surface area contributed by atoms with Crippen molar-refractivity contribution in [1.82, 2.24) is 9.62 Å². The maximum Gasteiger partial charge on any atom is 0.331 e. The molecule has 1 atom stereocenters. The molecule has 1 aliphatic heterocycles. The van der Waals surface area contributed by atoms with Crippen LogP contribution in [-0.4, -0.2) is 57.8 Å². The highest BCUT2D eigenvalue weighted by Gasteiger charge is 2.31. The van der Waals surface area contributed by atoms with Crippen LogP contribution in [0.2, 0.25) is 0 Å². The molecule has 0 fully saturated rings. The molecular formula is C21H23N3O6S. The second-order valence-electron chi connectivity index (χ2n) is 6.92. The van der Waals surface area contributed by atoms with Crippen molar-refractivity contribution in [2.45, 2.75) is 24.4 Å². The van der Waals surface area contributed by atoms with Crippen LogP contribution in [0, 0.1) is 0 Å². The Balaban J connectivity index is 1.59. The van der Waals surface area contributed by atoms with E-state index in [1.54, 1.807) is 38.4 Å². The van der Waals surface area contributed by atoms with Gasteiger partial charge in [0.2, 0.25) is 0 Å². The predicted octanol–water partition coefficient (Wildman–Crippen LogP) is 1.32. The first-order chi connectivity index (χ1) is 14.7. The van der Waals surface area contributed by atoms with Crippen molar-refractivity contribution in [2.24, 2.45) is 4.99 Å². The van der Waals surface area contributed by atoms with Crippen molar-refractivity contribution < 1.29 is 27.5 Å². The van der Waals surface area contributed by atoms with E-state index >= 15 is 0 Å². The van der Waals surface area contributed by atoms with Gasteiger partial charge in [0.05, 0.1) is 12.0 Å². The fourth-order valence-electron chi connectivity index (χ4n) is 3.02. The van der Waals surface area contributed by atoms with E-state index in [9.17, 15) is 18.0 Å². The molecule has 1 aliphatic rings. The first-order valence-corrected chi connectivity index (χ1v) is 10.9. The average molecular weight is 445 g/mol. The number of nitrogens with one attached hydrogen (secondary N) is 1. The van der Waals surface area contributed by atoms with E-state index in [1.165, 1.54) is 17.9 Å². The van der Waals surface area contributed by atoms with Crippen LogP contribution in [0.4, 0.5) is 0 Å². The first-order valence-electron chi connectivity index (χ1n) is 9.45. The standard InChI is InChI=1S/C21H23N3O6S/c1-14(22-20-16-9-5-7-11-18(16)31(27,28)23-20)21(26)30-13-19(25)24(2)12-15-8-4-6-10-17(15)29-3/h4-11,14H,12-13H2,1-3H3,(H,22,23). The number of sulfonamides is 1. The van der Waals surface area contributed by atoms with Gasteiger partial charge in [-0.3, -0.25) is 14.5 Å². The molecule has 0 saturated heterocycles. The van der Waals surface area contributed by atoms with Crippen molar-refractivity contribution in [3.8, 4) is 5.75 Å². The SMILES string of the molecule is COc1ccccc1CN(C)C(=O)COC(=O)C(C)N=C1NS(=O)(=O)c2ccccc21. The summed E-state index contributed by atoms with van der Waals surface area (Å²) in [6.45, 7) is 1.30. The van der Waals surface area contributed by atoms with Gasteiger partial charge < -0.3 is 14.4 Å². The van der Waals surface area contributed by atoms with Crippen LogP contribution < -0.4 is 9.46 Å². The summed E-state index contributed by atoms with van der Waals surface area (Å²) in [4.78, 5) is 30.3. The van der Waals surface area contributed by atoms with Crippen molar-refractivity contribution >= 4 is 27.7 Å². The minimum absolute atomic E-state index is 0.0691. The maximum atomic E-state index is 12.3. The van der Waals surface area contributed by atoms with Gasteiger partial charge in [-0.2, -0.15) is 0 Å². The fourth-order valence-corrected chi connectivity index (χ4v) is 4.26. The lowest BCUT2D eigenvalue weighted by atomic mass is 10.2. The normalized spacial score (nSPS) is 16.2. The highest BCUT2D eigenvalue weighted by molar-refractivity contribution is 7.90. The topological polar surface area (TPSA) is 114 Å². The smallest absolute Gasteiger partial charge is 0.331 e. The third-order valence-electron chi connectivity index (χ3n) is 4.69. The molecule has 1 amide bonds. The Morgan fingerprint density at radius 3 is 2.55 bits per heavy atom. The first kappa shape index (κ1) is 22.3. The van der Waals surface area contributed by atoms with Crippen LogP contribution in [0.3, 0.4) is 0 Å². The molecule has 0 spiro atoms. The third kappa shape index (κ3) is 5.02. The number of nitrogens with zero attached hydrogens (tertiary/aromatic N) is 2. The summed E-state index contributed by atoms with van der Waals surface area (Å²) in [5.41, 5.74) is 1.20. The van der Waals surface area contributed by atoms with E-state index < -0.39 is 34.5 Å². The maximum absolute atomic E-state index is 12.3. The molecule has 1 heterocycles. The van der Waals surface area contributed by atoms with E-state index in [0.717, 1.165) is 5.56 Å². The molecule has 1 unspecified atom stereocenters. The number of carbonyl (C=O) groups excluding carboxylic acids is 2. The Hall–Kier alpha value is -3.40. The van der Waals surface area contributed by atoms with E-state index in [0.29, 0.717) is 11.3 Å². The molecule has 10 heteroatoms. The number of aliphatic imine (C=N–C) groups is 1. The van der Waals surface area contributed by atoms with Gasteiger partial charge in [0.1, 0.15) is 17.6 Å². The summed E-state index contributed by atoms with van der Waals surface area (Å²) in [5, 5.41) is 0. The number of amides is 1. The van der Waals surface area contributed by atoms with Crippen LogP contribution in [-0.2, 0) is 30.9 Å². The number of methoxy groups -OCH3 is 1. The summed E-state index contributed by atoms with van der Waals surface area (Å²) in [6.07, 6.45) is 0. The number of hydrogen-bond acceptors (Lipinski definition) is 7. The zero-order valence-corrected chi connectivity index (χ0v) is 18.2.